The molecule has 4 nitrogen and oxygen atoms in total. The topological polar surface area (TPSA) is 79.1 Å². The van der Waals surface area contributed by atoms with Gasteiger partial charge in [-0.1, -0.05) is 36.4 Å². The third-order valence-electron chi connectivity index (χ3n) is 2.80. The highest BCUT2D eigenvalue weighted by Gasteiger charge is 2.00. The largest absolute Gasteiger partial charge is 0.480 e. The molecule has 3 aromatic rings. The number of nitrogens with one attached hydrogen (secondary N) is 1. The number of H-pyrrole nitrogens is 1. The third kappa shape index (κ3) is 2.92. The van der Waals surface area contributed by atoms with Crippen molar-refractivity contribution in [2.75, 3.05) is 0 Å². The highest BCUT2D eigenvalue weighted by Crippen LogP contribution is 2.24. The first kappa shape index (κ1) is 13.1. The highest BCUT2D eigenvalue weighted by atomic mass is 16.4. The number of aromatic amines is 1. The number of hydrogen-bond donors (Lipinski definition) is 3. The molecule has 0 aliphatic rings. The van der Waals surface area contributed by atoms with Gasteiger partial charge in [0.1, 0.15) is 6.04 Å². The Kier molecular flexibility index (Phi) is 3.82. The van der Waals surface area contributed by atoms with E-state index in [1.807, 2.05) is 0 Å². The molecule has 0 aliphatic carbocycles. The van der Waals surface area contributed by atoms with E-state index < -0.39 is 12.0 Å². The molecule has 1 atom stereocenters. The number of aliphatic carboxylic acids is 1. The number of aromatic nitrogens is 1. The smallest absolute Gasteiger partial charge is 0.320 e. The van der Waals surface area contributed by atoms with E-state index in [1.165, 1.54) is 28.7 Å². The Morgan fingerprint density at radius 1 is 1.05 bits per heavy atom. The maximum Gasteiger partial charge on any atom is 0.320 e. The lowest BCUT2D eigenvalue weighted by Gasteiger charge is -1.90. The number of para-hydroxylation sites is 2. The van der Waals surface area contributed by atoms with Crippen LogP contribution in [-0.4, -0.2) is 22.1 Å². The minimum absolute atomic E-state index is 0.731. The molecular weight excluding hydrogens is 240 g/mol. The Morgan fingerprint density at radius 3 is 1.79 bits per heavy atom. The van der Waals surface area contributed by atoms with Gasteiger partial charge in [0, 0.05) is 21.8 Å². The van der Waals surface area contributed by atoms with Crippen LogP contribution in [0.3, 0.4) is 0 Å². The Hall–Kier alpha value is -2.33. The molecule has 19 heavy (non-hydrogen) atoms. The Labute approximate surface area is 110 Å². The summed E-state index contributed by atoms with van der Waals surface area (Å²) in [6.45, 7) is 1.42. The van der Waals surface area contributed by atoms with Gasteiger partial charge in [-0.15, -0.1) is 0 Å². The normalized spacial score (nSPS) is 11.9. The van der Waals surface area contributed by atoms with Crippen LogP contribution in [0.2, 0.25) is 0 Å². The molecular formula is C15H16N2O2. The first-order valence-corrected chi connectivity index (χ1v) is 6.03. The summed E-state index contributed by atoms with van der Waals surface area (Å²) in [5.74, 6) is -0.963. The van der Waals surface area contributed by atoms with E-state index in [4.69, 9.17) is 10.8 Å². The number of fused-ring (bicyclic) bond motifs is 3. The summed E-state index contributed by atoms with van der Waals surface area (Å²) in [6, 6.07) is 16.0. The second-order valence-electron chi connectivity index (χ2n) is 4.34. The lowest BCUT2D eigenvalue weighted by Crippen LogP contribution is -2.25. The zero-order valence-corrected chi connectivity index (χ0v) is 10.6. The summed E-state index contributed by atoms with van der Waals surface area (Å²) in [6.07, 6.45) is 0. The van der Waals surface area contributed by atoms with Crippen molar-refractivity contribution < 1.29 is 9.90 Å². The number of carbonyl (C=O) groups is 1. The summed E-state index contributed by atoms with van der Waals surface area (Å²) in [4.78, 5) is 13.0. The summed E-state index contributed by atoms with van der Waals surface area (Å²) in [5.41, 5.74) is 7.26. The summed E-state index contributed by atoms with van der Waals surface area (Å²) in [5, 5.41) is 10.5. The number of carboxylic acid groups (broad SMARTS) is 1. The van der Waals surface area contributed by atoms with Crippen LogP contribution in [0.4, 0.5) is 0 Å². The van der Waals surface area contributed by atoms with Crippen molar-refractivity contribution in [3.05, 3.63) is 48.5 Å². The quantitative estimate of drug-likeness (QED) is 0.626. The molecule has 0 saturated heterocycles. The minimum Gasteiger partial charge on any atom is -0.480 e. The van der Waals surface area contributed by atoms with Crippen molar-refractivity contribution in [2.24, 2.45) is 5.73 Å². The molecule has 2 aromatic carbocycles. The monoisotopic (exact) mass is 256 g/mol. The van der Waals surface area contributed by atoms with E-state index in [1.54, 1.807) is 0 Å². The lowest BCUT2D eigenvalue weighted by molar-refractivity contribution is -0.138. The fourth-order valence-electron chi connectivity index (χ4n) is 1.80. The van der Waals surface area contributed by atoms with E-state index >= 15 is 0 Å². The van der Waals surface area contributed by atoms with Gasteiger partial charge in [0.15, 0.2) is 0 Å². The molecule has 0 amide bonds. The van der Waals surface area contributed by atoms with Gasteiger partial charge < -0.3 is 15.8 Å². The Balaban J connectivity index is 0.000000192. The standard InChI is InChI=1S/C12H9N.C3H7NO2/c1-3-7-11-9(5-1)10-6-2-4-8-12(10)13-11;1-2(4)3(5)6/h1-8,13H;2H,4H2,1H3,(H,5,6). The maximum atomic E-state index is 9.57. The molecule has 3 rings (SSSR count). The van der Waals surface area contributed by atoms with Gasteiger partial charge in [0.2, 0.25) is 0 Å². The van der Waals surface area contributed by atoms with Crippen LogP contribution in [0.1, 0.15) is 6.92 Å². The molecule has 0 aliphatic heterocycles. The van der Waals surface area contributed by atoms with Gasteiger partial charge in [0.25, 0.3) is 0 Å². The second-order valence-corrected chi connectivity index (χ2v) is 4.34. The number of carboxylic acids is 1. The van der Waals surface area contributed by atoms with E-state index in [0.29, 0.717) is 0 Å². The maximum absolute atomic E-state index is 9.57. The van der Waals surface area contributed by atoms with Crippen molar-refractivity contribution in [1.82, 2.24) is 4.98 Å². The van der Waals surface area contributed by atoms with Crippen molar-refractivity contribution in [2.45, 2.75) is 13.0 Å². The molecule has 1 aromatic heterocycles. The molecule has 1 heterocycles. The number of hydrogen-bond acceptors (Lipinski definition) is 2. The molecule has 98 valence electrons. The Morgan fingerprint density at radius 2 is 1.42 bits per heavy atom. The fourth-order valence-corrected chi connectivity index (χ4v) is 1.80. The van der Waals surface area contributed by atoms with Gasteiger partial charge in [-0.25, -0.2) is 0 Å². The summed E-state index contributed by atoms with van der Waals surface area (Å²) >= 11 is 0. The molecule has 0 spiro atoms. The van der Waals surface area contributed by atoms with Gasteiger partial charge >= 0.3 is 5.97 Å². The van der Waals surface area contributed by atoms with Gasteiger partial charge in [-0.05, 0) is 19.1 Å². The van der Waals surface area contributed by atoms with Crippen LogP contribution in [0.15, 0.2) is 48.5 Å². The minimum atomic E-state index is -0.963. The Bertz CT molecular complexity index is 651. The number of benzene rings is 2. The molecule has 0 fully saturated rings. The first-order valence-electron chi connectivity index (χ1n) is 6.03. The van der Waals surface area contributed by atoms with Crippen LogP contribution in [0, 0.1) is 0 Å². The van der Waals surface area contributed by atoms with Crippen molar-refractivity contribution in [1.29, 1.82) is 0 Å². The number of rotatable bonds is 1. The van der Waals surface area contributed by atoms with E-state index in [2.05, 4.69) is 53.5 Å². The molecule has 0 saturated carbocycles. The van der Waals surface area contributed by atoms with Crippen LogP contribution in [0.5, 0.6) is 0 Å². The van der Waals surface area contributed by atoms with Gasteiger partial charge in [-0.3, -0.25) is 4.79 Å². The van der Waals surface area contributed by atoms with Gasteiger partial charge in [0.05, 0.1) is 0 Å². The van der Waals surface area contributed by atoms with Crippen LogP contribution in [0.25, 0.3) is 21.8 Å². The average Bonchev–Trinajstić information content (AvgIpc) is 2.78. The second kappa shape index (κ2) is 5.54. The van der Waals surface area contributed by atoms with Crippen LogP contribution >= 0.6 is 0 Å². The van der Waals surface area contributed by atoms with Crippen LogP contribution in [-0.2, 0) is 4.79 Å². The molecule has 4 heteroatoms. The molecule has 0 bridgehead atoms. The van der Waals surface area contributed by atoms with Crippen molar-refractivity contribution in [3.63, 3.8) is 0 Å². The van der Waals surface area contributed by atoms with Gasteiger partial charge in [-0.2, -0.15) is 0 Å². The average molecular weight is 256 g/mol. The van der Waals surface area contributed by atoms with E-state index in [9.17, 15) is 4.79 Å². The van der Waals surface area contributed by atoms with E-state index in [-0.39, 0.29) is 0 Å². The molecule has 0 radical (unpaired) electrons. The van der Waals surface area contributed by atoms with E-state index in [0.717, 1.165) is 0 Å². The third-order valence-corrected chi connectivity index (χ3v) is 2.80. The zero-order chi connectivity index (χ0) is 13.8. The summed E-state index contributed by atoms with van der Waals surface area (Å²) in [7, 11) is 0. The molecule has 1 unspecified atom stereocenters. The molecule has 4 N–H and O–H groups in total. The lowest BCUT2D eigenvalue weighted by atomic mass is 10.2. The first-order chi connectivity index (χ1) is 9.09. The van der Waals surface area contributed by atoms with Crippen molar-refractivity contribution in [3.8, 4) is 0 Å². The zero-order valence-electron chi connectivity index (χ0n) is 10.6. The summed E-state index contributed by atoms with van der Waals surface area (Å²) < 4.78 is 0. The predicted molar refractivity (Wildman–Crippen MR) is 77.1 cm³/mol. The van der Waals surface area contributed by atoms with Crippen molar-refractivity contribution >= 4 is 27.8 Å². The van der Waals surface area contributed by atoms with Crippen LogP contribution < -0.4 is 5.73 Å². The predicted octanol–water partition coefficient (Wildman–Crippen LogP) is 2.74. The highest BCUT2D eigenvalue weighted by molar-refractivity contribution is 6.06. The number of nitrogens with two attached hydrogens (primary N) is 1. The SMILES string of the molecule is CC(N)C(=O)O.c1ccc2c(c1)[nH]c1ccccc12. The fraction of sp³-hybridized carbons (Fsp3) is 0.133.